The number of phenolic OH excluding ortho intramolecular Hbond substituents is 1. The van der Waals surface area contributed by atoms with E-state index < -0.39 is 35.8 Å². The molecule has 0 saturated carbocycles. The van der Waals surface area contributed by atoms with Crippen LogP contribution in [0.3, 0.4) is 0 Å². The molecule has 0 spiro atoms. The van der Waals surface area contributed by atoms with Gasteiger partial charge in [0.1, 0.15) is 22.0 Å². The maximum absolute atomic E-state index is 11.9. The van der Waals surface area contributed by atoms with Crippen LogP contribution in [0, 0.1) is 27.7 Å². The Morgan fingerprint density at radius 2 is 1.26 bits per heavy atom. The molecule has 0 saturated heterocycles. The van der Waals surface area contributed by atoms with Gasteiger partial charge in [-0.05, 0) is 80.1 Å². The summed E-state index contributed by atoms with van der Waals surface area (Å²) < 4.78 is 66.1. The molecular formula is C26H24N4O7S2. The molecule has 11 nitrogen and oxygen atoms in total. The fourth-order valence-electron chi connectivity index (χ4n) is 4.06. The quantitative estimate of drug-likeness (QED) is 0.164. The molecule has 0 aliphatic heterocycles. The van der Waals surface area contributed by atoms with Crippen LogP contribution < -0.4 is 0 Å². The van der Waals surface area contributed by atoms with Crippen molar-refractivity contribution in [2.75, 3.05) is 0 Å². The van der Waals surface area contributed by atoms with Crippen molar-refractivity contribution in [1.29, 1.82) is 0 Å². The molecule has 4 aromatic rings. The van der Waals surface area contributed by atoms with Crippen molar-refractivity contribution in [3.05, 3.63) is 76.9 Å². The van der Waals surface area contributed by atoms with E-state index in [1.165, 1.54) is 6.07 Å². The maximum Gasteiger partial charge on any atom is 0.298 e. The third kappa shape index (κ3) is 6.01. The maximum atomic E-state index is 11.9. The number of rotatable bonds is 6. The molecule has 3 N–H and O–H groups in total. The first kappa shape index (κ1) is 28.0. The highest BCUT2D eigenvalue weighted by Gasteiger charge is 2.23. The molecule has 4 aromatic carbocycles. The summed E-state index contributed by atoms with van der Waals surface area (Å²) in [7, 11) is -9.57. The van der Waals surface area contributed by atoms with E-state index in [-0.39, 0.29) is 22.1 Å². The third-order valence-electron chi connectivity index (χ3n) is 5.89. The number of hydrogen-bond donors (Lipinski definition) is 3. The van der Waals surface area contributed by atoms with Crippen LogP contribution in [-0.2, 0) is 20.2 Å². The zero-order chi connectivity index (χ0) is 28.7. The first-order valence-corrected chi connectivity index (χ1v) is 14.3. The lowest BCUT2D eigenvalue weighted by Gasteiger charge is -2.10. The van der Waals surface area contributed by atoms with Gasteiger partial charge in [-0.1, -0.05) is 29.8 Å². The van der Waals surface area contributed by atoms with Gasteiger partial charge in [-0.3, -0.25) is 9.11 Å². The number of hydrogen-bond acceptors (Lipinski definition) is 9. The summed E-state index contributed by atoms with van der Waals surface area (Å²) in [6.07, 6.45) is 0. The number of benzene rings is 4. The molecule has 0 radical (unpaired) electrons. The van der Waals surface area contributed by atoms with Crippen LogP contribution in [0.4, 0.5) is 22.7 Å². The average Bonchev–Trinajstić information content (AvgIpc) is 2.82. The molecule has 0 heterocycles. The van der Waals surface area contributed by atoms with Crippen LogP contribution >= 0.6 is 0 Å². The van der Waals surface area contributed by atoms with Crippen molar-refractivity contribution in [3.63, 3.8) is 0 Å². The van der Waals surface area contributed by atoms with E-state index in [4.69, 9.17) is 0 Å². The number of aryl methyl sites for hydroxylation is 4. The second-order valence-corrected chi connectivity index (χ2v) is 11.9. The van der Waals surface area contributed by atoms with Gasteiger partial charge in [0.15, 0.2) is 5.75 Å². The van der Waals surface area contributed by atoms with Crippen LogP contribution in [0.15, 0.2) is 84.8 Å². The number of nitrogens with zero attached hydrogens (tertiary/aromatic N) is 4. The van der Waals surface area contributed by atoms with Crippen LogP contribution in [0.1, 0.15) is 22.3 Å². The summed E-state index contributed by atoms with van der Waals surface area (Å²) >= 11 is 0. The minimum atomic E-state index is -4.94. The molecule has 0 atom stereocenters. The normalized spacial score (nSPS) is 12.7. The molecule has 0 unspecified atom stereocenters. The van der Waals surface area contributed by atoms with Gasteiger partial charge in [-0.2, -0.15) is 21.9 Å². The Morgan fingerprint density at radius 3 is 1.90 bits per heavy atom. The minimum Gasteiger partial charge on any atom is -0.504 e. The summed E-state index contributed by atoms with van der Waals surface area (Å²) in [6.45, 7) is 7.51. The lowest BCUT2D eigenvalue weighted by atomic mass is 10.1. The van der Waals surface area contributed by atoms with Crippen LogP contribution in [-0.4, -0.2) is 31.0 Å². The SMILES string of the molecule is Cc1ccc(N=Nc2cc(C)cc(C)c2N=Nc2c(O)c(S(=O)(=O)O)cc3cc(S(=O)(=O)O)ccc23)c(C)c1. The Morgan fingerprint density at radius 1 is 0.615 bits per heavy atom. The molecule has 39 heavy (non-hydrogen) atoms. The highest BCUT2D eigenvalue weighted by Crippen LogP contribution is 2.43. The summed E-state index contributed by atoms with van der Waals surface area (Å²) in [5.74, 6) is -0.892. The van der Waals surface area contributed by atoms with Gasteiger partial charge >= 0.3 is 0 Å². The number of fused-ring (bicyclic) bond motifs is 1. The Labute approximate surface area is 225 Å². The van der Waals surface area contributed by atoms with Gasteiger partial charge in [0.2, 0.25) is 0 Å². The standard InChI is InChI=1S/C26H24N4O7S2/c1-14-5-8-21(16(3)9-14)27-28-22-11-15(2)10-17(4)24(22)29-30-25-20-7-6-19(38(32,33)34)12-18(20)13-23(26(25)31)39(35,36)37/h5-13,31H,1-4H3,(H,32,33,34)(H,35,36,37). The minimum absolute atomic E-state index is 0.0418. The van der Waals surface area contributed by atoms with Crippen molar-refractivity contribution in [1.82, 2.24) is 0 Å². The van der Waals surface area contributed by atoms with Gasteiger partial charge in [-0.25, -0.2) is 0 Å². The molecule has 0 aliphatic rings. The molecule has 0 aromatic heterocycles. The van der Waals surface area contributed by atoms with Crippen molar-refractivity contribution in [2.45, 2.75) is 37.5 Å². The van der Waals surface area contributed by atoms with Gasteiger partial charge in [0.25, 0.3) is 20.2 Å². The van der Waals surface area contributed by atoms with E-state index in [9.17, 15) is 31.0 Å². The number of aromatic hydroxyl groups is 1. The van der Waals surface area contributed by atoms with Crippen molar-refractivity contribution in [3.8, 4) is 5.75 Å². The van der Waals surface area contributed by atoms with Crippen LogP contribution in [0.5, 0.6) is 5.75 Å². The molecule has 0 fully saturated rings. The Balaban J connectivity index is 1.91. The number of azo groups is 2. The van der Waals surface area contributed by atoms with E-state index in [0.29, 0.717) is 16.9 Å². The van der Waals surface area contributed by atoms with Crippen LogP contribution in [0.25, 0.3) is 10.8 Å². The molecule has 0 amide bonds. The van der Waals surface area contributed by atoms with Crippen LogP contribution in [0.2, 0.25) is 0 Å². The topological polar surface area (TPSA) is 178 Å². The zero-order valence-electron chi connectivity index (χ0n) is 21.3. The Bertz CT molecular complexity index is 1920. The summed E-state index contributed by atoms with van der Waals surface area (Å²) in [5.41, 5.74) is 4.50. The first-order chi connectivity index (χ1) is 18.1. The first-order valence-electron chi connectivity index (χ1n) is 11.4. The smallest absolute Gasteiger partial charge is 0.298 e. The second kappa shape index (κ2) is 10.3. The second-order valence-electron chi connectivity index (χ2n) is 9.04. The van der Waals surface area contributed by atoms with Gasteiger partial charge in [-0.15, -0.1) is 15.3 Å². The largest absolute Gasteiger partial charge is 0.504 e. The molecule has 202 valence electrons. The van der Waals surface area contributed by atoms with Crippen molar-refractivity contribution in [2.24, 2.45) is 20.5 Å². The monoisotopic (exact) mass is 568 g/mol. The Hall–Kier alpha value is -4.04. The molecular weight excluding hydrogens is 544 g/mol. The fraction of sp³-hybridized carbons (Fsp3) is 0.154. The number of phenols is 1. The van der Waals surface area contributed by atoms with E-state index >= 15 is 0 Å². The van der Waals surface area contributed by atoms with Gasteiger partial charge < -0.3 is 5.11 Å². The third-order valence-corrected chi connectivity index (χ3v) is 7.61. The van der Waals surface area contributed by atoms with Crippen molar-refractivity contribution < 1.29 is 31.0 Å². The molecule has 0 aliphatic carbocycles. The van der Waals surface area contributed by atoms with E-state index in [1.54, 1.807) is 13.0 Å². The van der Waals surface area contributed by atoms with E-state index in [0.717, 1.165) is 34.9 Å². The summed E-state index contributed by atoms with van der Waals surface area (Å²) in [4.78, 5) is -1.43. The average molecular weight is 569 g/mol. The molecule has 13 heteroatoms. The predicted octanol–water partition coefficient (Wildman–Crippen LogP) is 7.10. The van der Waals surface area contributed by atoms with E-state index in [1.807, 2.05) is 45.0 Å². The lowest BCUT2D eigenvalue weighted by molar-refractivity contribution is 0.445. The molecule has 0 bridgehead atoms. The van der Waals surface area contributed by atoms with Crippen molar-refractivity contribution >= 4 is 53.8 Å². The zero-order valence-corrected chi connectivity index (χ0v) is 22.9. The van der Waals surface area contributed by atoms with Gasteiger partial charge in [0.05, 0.1) is 10.6 Å². The Kier molecular flexibility index (Phi) is 7.36. The molecule has 4 rings (SSSR count). The predicted molar refractivity (Wildman–Crippen MR) is 145 cm³/mol. The lowest BCUT2D eigenvalue weighted by Crippen LogP contribution is -2.00. The summed E-state index contributed by atoms with van der Waals surface area (Å²) in [6, 6.07) is 13.4. The van der Waals surface area contributed by atoms with Gasteiger partial charge in [0, 0.05) is 5.39 Å². The summed E-state index contributed by atoms with van der Waals surface area (Å²) in [5, 5.41) is 27.8. The highest BCUT2D eigenvalue weighted by atomic mass is 32.2. The van der Waals surface area contributed by atoms with E-state index in [2.05, 4.69) is 20.5 Å². The highest BCUT2D eigenvalue weighted by molar-refractivity contribution is 7.86. The fourth-order valence-corrected chi connectivity index (χ4v) is 5.19.